The smallest absolute Gasteiger partial charge is 0.192 e. The second-order valence-corrected chi connectivity index (χ2v) is 24.5. The van der Waals surface area contributed by atoms with Gasteiger partial charge < -0.3 is 9.40 Å². The van der Waals surface area contributed by atoms with E-state index in [4.69, 9.17) is 4.42 Å². The molecule has 0 fully saturated rings. The number of fused-ring (bicyclic) bond motifs is 6. The zero-order valence-corrected chi connectivity index (χ0v) is 51.7. The quantitative estimate of drug-likeness (QED) is 0.177. The lowest BCUT2D eigenvalue weighted by atomic mass is 10.0. The van der Waals surface area contributed by atoms with E-state index in [0.29, 0.717) is 5.89 Å². The van der Waals surface area contributed by atoms with E-state index < -0.39 is 0 Å². The van der Waals surface area contributed by atoms with Gasteiger partial charge in [-0.3, -0.25) is 0 Å². The molecule has 6 nitrogen and oxygen atoms in total. The molecule has 0 radical (unpaired) electrons. The van der Waals surface area contributed by atoms with Gasteiger partial charge in [-0.05, 0) is 164 Å². The summed E-state index contributed by atoms with van der Waals surface area (Å²) in [5.74, 6) is 0.703. The fourth-order valence-electron chi connectivity index (χ4n) is 9.04. The number of nitrogens with one attached hydrogen (secondary N) is 1. The summed E-state index contributed by atoms with van der Waals surface area (Å²) in [5, 5.41) is 8.73. The monoisotopic (exact) mass is 1120 g/mol. The molecule has 0 aliphatic rings. The van der Waals surface area contributed by atoms with Crippen LogP contribution < -0.4 is 0 Å². The largest absolute Gasteiger partial charge is 0.441 e. The highest BCUT2D eigenvalue weighted by Gasteiger charge is 2.08. The average Bonchev–Trinajstić information content (AvgIpc) is 4.33. The minimum atomic E-state index is 0.703. The van der Waals surface area contributed by atoms with Crippen molar-refractivity contribution in [2.75, 3.05) is 0 Å². The van der Waals surface area contributed by atoms with Gasteiger partial charge >= 0.3 is 0 Å². The van der Waals surface area contributed by atoms with E-state index in [1.807, 2.05) is 53.7 Å². The van der Waals surface area contributed by atoms with Crippen LogP contribution in [0.25, 0.3) is 74.4 Å². The fraction of sp³-hybridized carbons (Fsp3) is 0.194. The number of aryl methyl sites for hydroxylation is 14. The molecule has 81 heavy (non-hydrogen) atoms. The number of nitrogens with zero attached hydrogens (tertiary/aromatic N) is 4. The molecular weight excluding hydrogens is 1050 g/mol. The van der Waals surface area contributed by atoms with E-state index in [-0.39, 0.29) is 0 Å². The number of aromatic amines is 1. The predicted molar refractivity (Wildman–Crippen MR) is 353 cm³/mol. The van der Waals surface area contributed by atoms with Crippen LogP contribution in [0.15, 0.2) is 186 Å². The van der Waals surface area contributed by atoms with Gasteiger partial charge in [0.15, 0.2) is 11.5 Å². The van der Waals surface area contributed by atoms with Gasteiger partial charge in [0, 0.05) is 24.4 Å². The number of benzene rings is 9. The third kappa shape index (κ3) is 16.7. The van der Waals surface area contributed by atoms with Crippen LogP contribution in [-0.4, -0.2) is 24.9 Å². The summed E-state index contributed by atoms with van der Waals surface area (Å²) in [7, 11) is 0. The van der Waals surface area contributed by atoms with Crippen molar-refractivity contribution in [3.8, 4) is 11.1 Å². The van der Waals surface area contributed by atoms with Gasteiger partial charge in [-0.1, -0.05) is 179 Å². The first-order valence-electron chi connectivity index (χ1n) is 27.3. The molecule has 14 rings (SSSR count). The van der Waals surface area contributed by atoms with Gasteiger partial charge in [-0.2, -0.15) is 0 Å². The molecule has 0 atom stereocenters. The number of thiazole rings is 3. The van der Waals surface area contributed by atoms with E-state index >= 15 is 0 Å². The standard InChI is InChI=1S/C14H14.2C12H12.C10H8N2OS.C10H8N2S2.C8H10.C6H9N/c1-11-3-7-13(8-4-11)14-9-5-12(2)6-10-14;1-9-3-5-12-8-10(2)4-6-11(12)7-9;1-9-5-3-8-12-10(2)6-4-7-11(9)12;1-5-11-7-4-10-8(3-9(7)13-5)12-6(2)14-10;1-5-11-7-3-10-8(4-9(7)13-5)12-6(2)14-10;1-7-3-5-8(2)6-4-7;1-5-3-4-6(2)7-5/h3-10H,1-2H3;2*3-8H,1-2H3;2*3-4H,1-2H3;3-6H,1-2H3;3-4,7H,1-2H3. The van der Waals surface area contributed by atoms with Gasteiger partial charge in [0.2, 0.25) is 0 Å². The summed E-state index contributed by atoms with van der Waals surface area (Å²) in [6.45, 7) is 29.0. The highest BCUT2D eigenvalue weighted by atomic mass is 32.1. The fourth-order valence-corrected chi connectivity index (χ4v) is 11.6. The highest BCUT2D eigenvalue weighted by Crippen LogP contribution is 2.31. The Morgan fingerprint density at radius 3 is 1.04 bits per heavy atom. The molecule has 0 amide bonds. The molecule has 0 spiro atoms. The van der Waals surface area contributed by atoms with Crippen molar-refractivity contribution in [3.05, 3.63) is 259 Å². The Labute approximate surface area is 490 Å². The number of oxazole rings is 1. The first kappa shape index (κ1) is 59.1. The van der Waals surface area contributed by atoms with Gasteiger partial charge in [0.25, 0.3) is 0 Å². The maximum absolute atomic E-state index is 5.44. The lowest BCUT2D eigenvalue weighted by molar-refractivity contribution is 0.561. The second-order valence-electron chi connectivity index (χ2n) is 20.8. The first-order valence-corrected chi connectivity index (χ1v) is 29.8. The topological polar surface area (TPSA) is 80.5 Å². The summed E-state index contributed by atoms with van der Waals surface area (Å²) < 4.78 is 9.08. The van der Waals surface area contributed by atoms with E-state index in [0.717, 1.165) is 42.7 Å². The maximum Gasteiger partial charge on any atom is 0.192 e. The summed E-state index contributed by atoms with van der Waals surface area (Å²) in [4.78, 5) is 20.8. The third-order valence-corrected chi connectivity index (χ3v) is 16.2. The number of H-pyrrole nitrogens is 1. The van der Waals surface area contributed by atoms with Crippen LogP contribution in [0.5, 0.6) is 0 Å². The van der Waals surface area contributed by atoms with Gasteiger partial charge in [0.1, 0.15) is 5.52 Å². The zero-order valence-electron chi connectivity index (χ0n) is 49.2. The molecule has 5 heterocycles. The lowest BCUT2D eigenvalue weighted by Crippen LogP contribution is -1.80. The van der Waals surface area contributed by atoms with Crippen molar-refractivity contribution in [2.24, 2.45) is 0 Å². The van der Waals surface area contributed by atoms with Crippen molar-refractivity contribution < 1.29 is 4.42 Å². The number of hydrogen-bond donors (Lipinski definition) is 1. The Hall–Kier alpha value is -8.08. The van der Waals surface area contributed by atoms with Crippen LogP contribution in [0.2, 0.25) is 0 Å². The van der Waals surface area contributed by atoms with E-state index in [9.17, 15) is 0 Å². The Bertz CT molecular complexity index is 3850. The Morgan fingerprint density at radius 2 is 0.667 bits per heavy atom. The summed E-state index contributed by atoms with van der Waals surface area (Å²) in [6, 6.07) is 64.1. The lowest BCUT2D eigenvalue weighted by Gasteiger charge is -2.03. The molecule has 410 valence electrons. The molecule has 0 aliphatic heterocycles. The number of rotatable bonds is 1. The van der Waals surface area contributed by atoms with Crippen LogP contribution in [0.1, 0.15) is 76.8 Å². The van der Waals surface area contributed by atoms with Crippen molar-refractivity contribution in [3.63, 3.8) is 0 Å². The molecule has 0 saturated heterocycles. The van der Waals surface area contributed by atoms with Crippen LogP contribution in [0, 0.1) is 96.9 Å². The van der Waals surface area contributed by atoms with E-state index in [1.54, 1.807) is 34.0 Å². The second kappa shape index (κ2) is 27.4. The molecule has 9 aromatic carbocycles. The molecule has 5 aromatic heterocycles. The van der Waals surface area contributed by atoms with Crippen molar-refractivity contribution in [1.82, 2.24) is 24.9 Å². The van der Waals surface area contributed by atoms with Crippen LogP contribution >= 0.6 is 34.0 Å². The van der Waals surface area contributed by atoms with E-state index in [1.165, 1.54) is 103 Å². The SMILES string of the molecule is Cc1ccc(-c2ccc(C)cc2)cc1.Cc1ccc(C)[nH]1.Cc1ccc(C)cc1.Cc1ccc2cc(C)ccc2c1.Cc1cccc2c(C)cccc12.Cc1nc2cc3sc(C)nc3cc2o1.Cc1nc2cc3sc(C)nc3cc2s1. The molecule has 14 aromatic rings. The van der Waals surface area contributed by atoms with Crippen molar-refractivity contribution in [1.29, 1.82) is 0 Å². The molecule has 0 unspecified atom stereocenters. The third-order valence-electron chi connectivity index (χ3n) is 13.4. The Kier molecular flexibility index (Phi) is 20.0. The van der Waals surface area contributed by atoms with Crippen LogP contribution in [0.4, 0.5) is 0 Å². The van der Waals surface area contributed by atoms with Gasteiger partial charge in [-0.15, -0.1) is 34.0 Å². The molecule has 0 saturated carbocycles. The summed E-state index contributed by atoms with van der Waals surface area (Å²) in [5.41, 5.74) is 20.6. The van der Waals surface area contributed by atoms with Gasteiger partial charge in [0.05, 0.1) is 45.7 Å². The Balaban J connectivity index is 0.000000125. The Morgan fingerprint density at radius 1 is 0.321 bits per heavy atom. The zero-order chi connectivity index (χ0) is 57.7. The number of hydrogen-bond acceptors (Lipinski definition) is 8. The van der Waals surface area contributed by atoms with Crippen molar-refractivity contribution >= 4 is 97.3 Å². The van der Waals surface area contributed by atoms with Gasteiger partial charge in [-0.25, -0.2) is 19.9 Å². The molecule has 0 bridgehead atoms. The number of aromatic nitrogens is 5. The molecule has 1 N–H and O–H groups in total. The van der Waals surface area contributed by atoms with Crippen LogP contribution in [-0.2, 0) is 0 Å². The minimum Gasteiger partial charge on any atom is -0.441 e. The maximum atomic E-state index is 5.44. The first-order chi connectivity index (χ1) is 38.8. The highest BCUT2D eigenvalue weighted by molar-refractivity contribution is 7.20. The minimum absolute atomic E-state index is 0.703. The summed E-state index contributed by atoms with van der Waals surface area (Å²) in [6.07, 6.45) is 0. The summed E-state index contributed by atoms with van der Waals surface area (Å²) >= 11 is 5.14. The normalized spacial score (nSPS) is 10.6. The van der Waals surface area contributed by atoms with Crippen LogP contribution in [0.3, 0.4) is 0 Å². The average molecular weight is 1120 g/mol. The van der Waals surface area contributed by atoms with E-state index in [2.05, 4.69) is 250 Å². The predicted octanol–water partition coefficient (Wildman–Crippen LogP) is 21.4. The molecule has 9 heteroatoms. The van der Waals surface area contributed by atoms with Crippen molar-refractivity contribution in [2.45, 2.75) is 96.9 Å². The molecule has 0 aliphatic carbocycles. The molecular formula is C72H73N5OS3.